The normalized spacial score (nSPS) is 11.5. The minimum atomic E-state index is -0.377. The van der Waals surface area contributed by atoms with Crippen LogP contribution in [0.4, 0.5) is 10.5 Å². The quantitative estimate of drug-likeness (QED) is 0.727. The third-order valence-corrected chi connectivity index (χ3v) is 3.14. The number of carbonyl (C=O) groups excluding carboxylic acids is 2. The van der Waals surface area contributed by atoms with E-state index in [9.17, 15) is 9.59 Å². The molecule has 2 aromatic rings. The molecule has 7 heteroatoms. The summed E-state index contributed by atoms with van der Waals surface area (Å²) >= 11 is 0. The lowest BCUT2D eigenvalue weighted by molar-refractivity contribution is -0.115. The molecule has 23 heavy (non-hydrogen) atoms. The number of aromatic nitrogens is 1. The minimum absolute atomic E-state index is 0.0264. The molecule has 3 amide bonds. The molecule has 0 aliphatic heterocycles. The van der Waals surface area contributed by atoms with Gasteiger partial charge in [0.2, 0.25) is 5.91 Å². The number of urea groups is 1. The highest BCUT2D eigenvalue weighted by Gasteiger charge is 2.10. The lowest BCUT2D eigenvalue weighted by atomic mass is 10.1. The molecule has 7 nitrogen and oxygen atoms in total. The van der Waals surface area contributed by atoms with Gasteiger partial charge in [0.25, 0.3) is 0 Å². The van der Waals surface area contributed by atoms with Gasteiger partial charge in [0.05, 0.1) is 24.7 Å². The summed E-state index contributed by atoms with van der Waals surface area (Å²) in [6, 6.07) is 6.77. The summed E-state index contributed by atoms with van der Waals surface area (Å²) < 4.78 is 5.24. The number of carbonyl (C=O) groups is 2. The molecule has 2 heterocycles. The molecule has 0 radical (unpaired) electrons. The molecule has 1 atom stereocenters. The second-order valence-electron chi connectivity index (χ2n) is 5.14. The third kappa shape index (κ3) is 6.21. The van der Waals surface area contributed by atoms with E-state index in [0.717, 1.165) is 18.6 Å². The van der Waals surface area contributed by atoms with Crippen LogP contribution in [0, 0.1) is 0 Å². The number of aryl methyl sites for hydroxylation is 1. The van der Waals surface area contributed by atoms with E-state index in [4.69, 9.17) is 4.42 Å². The zero-order valence-electron chi connectivity index (χ0n) is 12.9. The maximum absolute atomic E-state index is 11.7. The summed E-state index contributed by atoms with van der Waals surface area (Å²) in [5.74, 6) is 0.575. The van der Waals surface area contributed by atoms with E-state index in [2.05, 4.69) is 20.9 Å². The monoisotopic (exact) mass is 316 g/mol. The van der Waals surface area contributed by atoms with Crippen molar-refractivity contribution in [1.29, 1.82) is 0 Å². The van der Waals surface area contributed by atoms with E-state index in [1.165, 1.54) is 6.20 Å². The van der Waals surface area contributed by atoms with Crippen molar-refractivity contribution in [2.45, 2.75) is 25.8 Å². The predicted octanol–water partition coefficient (Wildman–Crippen LogP) is 1.93. The number of rotatable bonds is 7. The van der Waals surface area contributed by atoms with Crippen molar-refractivity contribution in [3.05, 3.63) is 48.7 Å². The first-order chi connectivity index (χ1) is 11.1. The van der Waals surface area contributed by atoms with E-state index in [1.807, 2.05) is 19.1 Å². The maximum Gasteiger partial charge on any atom is 0.315 e. The van der Waals surface area contributed by atoms with Gasteiger partial charge < -0.3 is 20.4 Å². The Bertz CT molecular complexity index is 614. The number of amides is 3. The molecule has 0 spiro atoms. The van der Waals surface area contributed by atoms with Gasteiger partial charge in [-0.2, -0.15) is 0 Å². The number of anilines is 1. The Morgan fingerprint density at radius 1 is 1.30 bits per heavy atom. The molecule has 0 fully saturated rings. The summed E-state index contributed by atoms with van der Waals surface area (Å²) in [7, 11) is 0. The smallest absolute Gasteiger partial charge is 0.315 e. The van der Waals surface area contributed by atoms with Crippen molar-refractivity contribution < 1.29 is 14.0 Å². The SMILES string of the molecule is C[C@@H](CCc1ccco1)NC(=O)NCC(=O)Nc1cccnc1. The van der Waals surface area contributed by atoms with Crippen LogP contribution in [0.2, 0.25) is 0 Å². The molecular weight excluding hydrogens is 296 g/mol. The second-order valence-corrected chi connectivity index (χ2v) is 5.14. The minimum Gasteiger partial charge on any atom is -0.469 e. The Morgan fingerprint density at radius 2 is 2.17 bits per heavy atom. The zero-order chi connectivity index (χ0) is 16.5. The van der Waals surface area contributed by atoms with Crippen molar-refractivity contribution in [1.82, 2.24) is 15.6 Å². The van der Waals surface area contributed by atoms with Gasteiger partial charge in [-0.3, -0.25) is 9.78 Å². The van der Waals surface area contributed by atoms with Gasteiger partial charge in [0.1, 0.15) is 5.76 Å². The Kier molecular flexibility index (Phi) is 6.17. The van der Waals surface area contributed by atoms with Crippen molar-refractivity contribution in [3.63, 3.8) is 0 Å². The standard InChI is InChI=1S/C16H20N4O3/c1-12(6-7-14-5-3-9-23-14)19-16(22)18-11-15(21)20-13-4-2-8-17-10-13/h2-5,8-10,12H,6-7,11H2,1H3,(H,20,21)(H2,18,19,22)/t12-/m0/s1. The molecule has 0 aromatic carbocycles. The molecule has 2 aromatic heterocycles. The van der Waals surface area contributed by atoms with Gasteiger partial charge in [0, 0.05) is 18.7 Å². The molecule has 0 aliphatic rings. The van der Waals surface area contributed by atoms with Gasteiger partial charge >= 0.3 is 6.03 Å². The highest BCUT2D eigenvalue weighted by molar-refractivity contribution is 5.94. The molecule has 3 N–H and O–H groups in total. The van der Waals surface area contributed by atoms with Crippen LogP contribution >= 0.6 is 0 Å². The van der Waals surface area contributed by atoms with Crippen LogP contribution in [0.25, 0.3) is 0 Å². The molecule has 0 aliphatic carbocycles. The van der Waals surface area contributed by atoms with E-state index in [0.29, 0.717) is 5.69 Å². The molecule has 0 saturated carbocycles. The van der Waals surface area contributed by atoms with Crippen molar-refractivity contribution in [3.8, 4) is 0 Å². The van der Waals surface area contributed by atoms with E-state index < -0.39 is 0 Å². The van der Waals surface area contributed by atoms with Gasteiger partial charge in [-0.1, -0.05) is 0 Å². The maximum atomic E-state index is 11.7. The van der Waals surface area contributed by atoms with Crippen LogP contribution in [-0.2, 0) is 11.2 Å². The number of hydrogen-bond donors (Lipinski definition) is 3. The average Bonchev–Trinajstić information content (AvgIpc) is 3.05. The molecular formula is C16H20N4O3. The highest BCUT2D eigenvalue weighted by Crippen LogP contribution is 2.05. The summed E-state index contributed by atoms with van der Waals surface area (Å²) in [6.45, 7) is 1.80. The van der Waals surface area contributed by atoms with Crippen LogP contribution < -0.4 is 16.0 Å². The van der Waals surface area contributed by atoms with E-state index in [-0.39, 0.29) is 24.5 Å². The number of furan rings is 1. The molecule has 0 saturated heterocycles. The van der Waals surface area contributed by atoms with Crippen molar-refractivity contribution in [2.24, 2.45) is 0 Å². The van der Waals surface area contributed by atoms with E-state index in [1.54, 1.807) is 24.6 Å². The molecule has 2 rings (SSSR count). The largest absolute Gasteiger partial charge is 0.469 e. The fourth-order valence-corrected chi connectivity index (χ4v) is 1.96. The number of nitrogens with zero attached hydrogens (tertiary/aromatic N) is 1. The summed E-state index contributed by atoms with van der Waals surface area (Å²) in [4.78, 5) is 27.3. The fraction of sp³-hybridized carbons (Fsp3) is 0.312. The Balaban J connectivity index is 1.63. The second kappa shape index (κ2) is 8.57. The first-order valence-electron chi connectivity index (χ1n) is 7.40. The highest BCUT2D eigenvalue weighted by atomic mass is 16.3. The first kappa shape index (κ1) is 16.5. The topological polar surface area (TPSA) is 96.3 Å². The zero-order valence-corrected chi connectivity index (χ0v) is 12.9. The number of hydrogen-bond acceptors (Lipinski definition) is 4. The van der Waals surface area contributed by atoms with Crippen molar-refractivity contribution in [2.75, 3.05) is 11.9 Å². The lowest BCUT2D eigenvalue weighted by Gasteiger charge is -2.14. The van der Waals surface area contributed by atoms with Crippen LogP contribution in [-0.4, -0.2) is 29.5 Å². The Hall–Kier alpha value is -2.83. The van der Waals surface area contributed by atoms with Crippen LogP contribution in [0.5, 0.6) is 0 Å². The van der Waals surface area contributed by atoms with Gasteiger partial charge in [0.15, 0.2) is 0 Å². The number of nitrogens with one attached hydrogen (secondary N) is 3. The summed E-state index contributed by atoms with van der Waals surface area (Å²) in [5.41, 5.74) is 0.589. The van der Waals surface area contributed by atoms with Crippen LogP contribution in [0.1, 0.15) is 19.1 Å². The molecule has 122 valence electrons. The third-order valence-electron chi connectivity index (χ3n) is 3.14. The Labute approximate surface area is 134 Å². The summed E-state index contributed by atoms with van der Waals surface area (Å²) in [6.07, 6.45) is 6.28. The molecule has 0 bridgehead atoms. The van der Waals surface area contributed by atoms with Crippen molar-refractivity contribution >= 4 is 17.6 Å². The molecule has 0 unspecified atom stereocenters. The Morgan fingerprint density at radius 3 is 2.87 bits per heavy atom. The lowest BCUT2D eigenvalue weighted by Crippen LogP contribution is -2.43. The van der Waals surface area contributed by atoms with Gasteiger partial charge in [-0.15, -0.1) is 0 Å². The average molecular weight is 316 g/mol. The number of pyridine rings is 1. The van der Waals surface area contributed by atoms with Crippen LogP contribution in [0.15, 0.2) is 47.3 Å². The predicted molar refractivity (Wildman–Crippen MR) is 85.9 cm³/mol. The van der Waals surface area contributed by atoms with Crippen LogP contribution in [0.3, 0.4) is 0 Å². The fourth-order valence-electron chi connectivity index (χ4n) is 1.96. The van der Waals surface area contributed by atoms with Gasteiger partial charge in [-0.25, -0.2) is 4.79 Å². The first-order valence-corrected chi connectivity index (χ1v) is 7.40. The summed E-state index contributed by atoms with van der Waals surface area (Å²) in [5, 5.41) is 7.94. The van der Waals surface area contributed by atoms with E-state index >= 15 is 0 Å². The van der Waals surface area contributed by atoms with Gasteiger partial charge in [-0.05, 0) is 37.6 Å².